The lowest BCUT2D eigenvalue weighted by atomic mass is 10.1. The number of nitrogens with one attached hydrogen (secondary N) is 1. The Labute approximate surface area is 129 Å². The summed E-state index contributed by atoms with van der Waals surface area (Å²) in [5, 5.41) is 0. The van der Waals surface area contributed by atoms with E-state index in [0.29, 0.717) is 18.7 Å². The molecule has 0 aliphatic carbocycles. The van der Waals surface area contributed by atoms with Gasteiger partial charge in [0.05, 0.1) is 12.7 Å². The fraction of sp³-hybridized carbons (Fsp3) is 0.353. The van der Waals surface area contributed by atoms with Gasteiger partial charge in [-0.25, -0.2) is 0 Å². The molecule has 2 aromatic rings. The number of hydrogen-bond donors (Lipinski definition) is 1. The van der Waals surface area contributed by atoms with Gasteiger partial charge in [-0.1, -0.05) is 12.1 Å². The highest BCUT2D eigenvalue weighted by Crippen LogP contribution is 2.29. The molecule has 1 saturated heterocycles. The highest BCUT2D eigenvalue weighted by atomic mass is 16.5. The Hall–Kier alpha value is -2.43. The Morgan fingerprint density at radius 2 is 1.91 bits per heavy atom. The number of carbonyl (C=O) groups excluding carboxylic acids is 1. The maximum Gasteiger partial charge on any atom is 0.255 e. The SMILES string of the molecule is COc1ccccc1OC1CCN(C(=O)c2cc[nH]c2)CC1. The Morgan fingerprint density at radius 1 is 1.18 bits per heavy atom. The molecule has 2 heterocycles. The summed E-state index contributed by atoms with van der Waals surface area (Å²) in [6.07, 6.45) is 5.28. The van der Waals surface area contributed by atoms with Crippen LogP contribution in [0.1, 0.15) is 23.2 Å². The largest absolute Gasteiger partial charge is 0.493 e. The third kappa shape index (κ3) is 3.08. The second kappa shape index (κ2) is 6.56. The number of piperidine rings is 1. The molecule has 1 aliphatic rings. The molecule has 1 aromatic heterocycles. The van der Waals surface area contributed by atoms with Gasteiger partial charge in [0.25, 0.3) is 5.91 Å². The van der Waals surface area contributed by atoms with Crippen molar-refractivity contribution in [3.05, 3.63) is 48.3 Å². The van der Waals surface area contributed by atoms with E-state index >= 15 is 0 Å². The molecule has 5 heteroatoms. The zero-order chi connectivity index (χ0) is 15.4. The third-order valence-electron chi connectivity index (χ3n) is 3.94. The van der Waals surface area contributed by atoms with Gasteiger partial charge in [-0.15, -0.1) is 0 Å². The molecule has 1 aromatic carbocycles. The topological polar surface area (TPSA) is 54.6 Å². The number of H-pyrrole nitrogens is 1. The normalized spacial score (nSPS) is 15.6. The third-order valence-corrected chi connectivity index (χ3v) is 3.94. The van der Waals surface area contributed by atoms with Gasteiger partial charge in [0.2, 0.25) is 0 Å². The van der Waals surface area contributed by atoms with E-state index < -0.39 is 0 Å². The van der Waals surface area contributed by atoms with E-state index in [-0.39, 0.29) is 12.0 Å². The summed E-state index contributed by atoms with van der Waals surface area (Å²) in [7, 11) is 1.64. The van der Waals surface area contributed by atoms with Crippen molar-refractivity contribution >= 4 is 5.91 Å². The molecule has 0 spiro atoms. The summed E-state index contributed by atoms with van der Waals surface area (Å²) in [6.45, 7) is 1.42. The molecule has 0 bridgehead atoms. The zero-order valence-electron chi connectivity index (χ0n) is 12.6. The number of ether oxygens (including phenoxy) is 2. The Bertz CT molecular complexity index is 617. The van der Waals surface area contributed by atoms with Crippen molar-refractivity contribution in [3.63, 3.8) is 0 Å². The molecular weight excluding hydrogens is 280 g/mol. The van der Waals surface area contributed by atoms with Gasteiger partial charge in [0.15, 0.2) is 11.5 Å². The minimum absolute atomic E-state index is 0.0805. The summed E-state index contributed by atoms with van der Waals surface area (Å²) >= 11 is 0. The van der Waals surface area contributed by atoms with E-state index in [2.05, 4.69) is 4.98 Å². The van der Waals surface area contributed by atoms with E-state index in [0.717, 1.165) is 24.3 Å². The molecular formula is C17H20N2O3. The molecule has 116 valence electrons. The first-order valence-electron chi connectivity index (χ1n) is 7.49. The molecule has 1 fully saturated rings. The molecule has 0 unspecified atom stereocenters. The van der Waals surface area contributed by atoms with Crippen LogP contribution in [0.4, 0.5) is 0 Å². The summed E-state index contributed by atoms with van der Waals surface area (Å²) in [5.41, 5.74) is 0.712. The van der Waals surface area contributed by atoms with Crippen LogP contribution in [0.25, 0.3) is 0 Å². The number of hydrogen-bond acceptors (Lipinski definition) is 3. The van der Waals surface area contributed by atoms with Crippen molar-refractivity contribution in [3.8, 4) is 11.5 Å². The van der Waals surface area contributed by atoms with Gasteiger partial charge in [-0.2, -0.15) is 0 Å². The van der Waals surface area contributed by atoms with Gasteiger partial charge in [-0.05, 0) is 18.2 Å². The highest BCUT2D eigenvalue weighted by molar-refractivity contribution is 5.94. The predicted octanol–water partition coefficient (Wildman–Crippen LogP) is 2.71. The fourth-order valence-electron chi connectivity index (χ4n) is 2.71. The van der Waals surface area contributed by atoms with Crippen LogP contribution >= 0.6 is 0 Å². The minimum Gasteiger partial charge on any atom is -0.493 e. The number of methoxy groups -OCH3 is 1. The van der Waals surface area contributed by atoms with Crippen molar-refractivity contribution in [1.29, 1.82) is 0 Å². The highest BCUT2D eigenvalue weighted by Gasteiger charge is 2.25. The van der Waals surface area contributed by atoms with Crippen LogP contribution in [0, 0.1) is 0 Å². The first-order chi connectivity index (χ1) is 10.8. The second-order valence-electron chi connectivity index (χ2n) is 5.36. The van der Waals surface area contributed by atoms with Crippen LogP contribution in [-0.4, -0.2) is 42.1 Å². The molecule has 1 aliphatic heterocycles. The molecule has 1 amide bonds. The van der Waals surface area contributed by atoms with E-state index in [4.69, 9.17) is 9.47 Å². The predicted molar refractivity (Wildman–Crippen MR) is 83.3 cm³/mol. The van der Waals surface area contributed by atoms with E-state index in [1.807, 2.05) is 29.2 Å². The van der Waals surface area contributed by atoms with Crippen LogP contribution in [0.3, 0.4) is 0 Å². The van der Waals surface area contributed by atoms with Crippen molar-refractivity contribution in [1.82, 2.24) is 9.88 Å². The lowest BCUT2D eigenvalue weighted by Crippen LogP contribution is -2.41. The lowest BCUT2D eigenvalue weighted by molar-refractivity contribution is 0.0591. The average molecular weight is 300 g/mol. The Balaban J connectivity index is 1.57. The van der Waals surface area contributed by atoms with Gasteiger partial charge >= 0.3 is 0 Å². The Morgan fingerprint density at radius 3 is 2.55 bits per heavy atom. The van der Waals surface area contributed by atoms with Gasteiger partial charge in [0.1, 0.15) is 6.10 Å². The first-order valence-corrected chi connectivity index (χ1v) is 7.49. The molecule has 0 atom stereocenters. The number of aromatic amines is 1. The van der Waals surface area contributed by atoms with Crippen molar-refractivity contribution in [2.45, 2.75) is 18.9 Å². The average Bonchev–Trinajstić information content (AvgIpc) is 3.10. The number of amides is 1. The molecule has 3 rings (SSSR count). The standard InChI is InChI=1S/C17H20N2O3/c1-21-15-4-2-3-5-16(15)22-14-7-10-19(11-8-14)17(20)13-6-9-18-12-13/h2-6,9,12,14,18H,7-8,10-11H2,1H3. The van der Waals surface area contributed by atoms with Crippen molar-refractivity contribution < 1.29 is 14.3 Å². The first kappa shape index (κ1) is 14.5. The van der Waals surface area contributed by atoms with Gasteiger partial charge in [0, 0.05) is 38.3 Å². The monoisotopic (exact) mass is 300 g/mol. The van der Waals surface area contributed by atoms with Crippen LogP contribution in [0.5, 0.6) is 11.5 Å². The van der Waals surface area contributed by atoms with Gasteiger partial charge in [-0.3, -0.25) is 4.79 Å². The summed E-state index contributed by atoms with van der Waals surface area (Å²) < 4.78 is 11.3. The fourth-order valence-corrected chi connectivity index (χ4v) is 2.71. The van der Waals surface area contributed by atoms with Crippen LogP contribution < -0.4 is 9.47 Å². The number of para-hydroxylation sites is 2. The summed E-state index contributed by atoms with van der Waals surface area (Å²) in [6, 6.07) is 9.46. The van der Waals surface area contributed by atoms with E-state index in [1.54, 1.807) is 25.6 Å². The van der Waals surface area contributed by atoms with Crippen molar-refractivity contribution in [2.75, 3.05) is 20.2 Å². The van der Waals surface area contributed by atoms with E-state index in [1.165, 1.54) is 0 Å². The summed E-state index contributed by atoms with van der Waals surface area (Å²) in [5.74, 6) is 1.59. The van der Waals surface area contributed by atoms with E-state index in [9.17, 15) is 4.79 Å². The van der Waals surface area contributed by atoms with Crippen LogP contribution in [0.15, 0.2) is 42.7 Å². The number of nitrogens with zero attached hydrogens (tertiary/aromatic N) is 1. The quantitative estimate of drug-likeness (QED) is 0.944. The number of rotatable bonds is 4. The number of aromatic nitrogens is 1. The molecule has 0 saturated carbocycles. The zero-order valence-corrected chi connectivity index (χ0v) is 12.6. The smallest absolute Gasteiger partial charge is 0.255 e. The van der Waals surface area contributed by atoms with Gasteiger partial charge < -0.3 is 19.4 Å². The molecule has 5 nitrogen and oxygen atoms in total. The lowest BCUT2D eigenvalue weighted by Gasteiger charge is -2.32. The molecule has 22 heavy (non-hydrogen) atoms. The number of likely N-dealkylation sites (tertiary alicyclic amines) is 1. The molecule has 0 radical (unpaired) electrons. The number of benzene rings is 1. The maximum absolute atomic E-state index is 12.3. The van der Waals surface area contributed by atoms with Crippen LogP contribution in [0.2, 0.25) is 0 Å². The summed E-state index contributed by atoms with van der Waals surface area (Å²) in [4.78, 5) is 17.1. The second-order valence-corrected chi connectivity index (χ2v) is 5.36. The Kier molecular flexibility index (Phi) is 4.32. The number of carbonyl (C=O) groups is 1. The maximum atomic E-state index is 12.3. The molecule has 1 N–H and O–H groups in total. The van der Waals surface area contributed by atoms with Crippen molar-refractivity contribution in [2.24, 2.45) is 0 Å². The van der Waals surface area contributed by atoms with Crippen LogP contribution in [-0.2, 0) is 0 Å². The minimum atomic E-state index is 0.0805.